The molecule has 6 heteroatoms. The molecule has 0 atom stereocenters. The van der Waals surface area contributed by atoms with Crippen molar-refractivity contribution in [3.05, 3.63) is 16.4 Å². The molecule has 0 fully saturated rings. The van der Waals surface area contributed by atoms with Crippen LogP contribution in [-0.4, -0.2) is 16.7 Å². The van der Waals surface area contributed by atoms with E-state index in [2.05, 4.69) is 35.8 Å². The van der Waals surface area contributed by atoms with Gasteiger partial charge in [0.2, 0.25) is 0 Å². The zero-order valence-corrected chi connectivity index (χ0v) is 13.3. The molecule has 1 aromatic heterocycles. The summed E-state index contributed by atoms with van der Waals surface area (Å²) in [4.78, 5) is 15.5. The molecule has 0 aliphatic carbocycles. The summed E-state index contributed by atoms with van der Waals surface area (Å²) in [5.74, 6) is 0. The molecule has 20 heavy (non-hydrogen) atoms. The van der Waals surface area contributed by atoms with Crippen LogP contribution in [0.1, 0.15) is 46.1 Å². The Bertz CT molecular complexity index is 558. The average molecular weight is 295 g/mol. The summed E-state index contributed by atoms with van der Waals surface area (Å²) >= 11 is 1.44. The summed E-state index contributed by atoms with van der Waals surface area (Å²) in [6.07, 6.45) is 3.47. The number of amides is 1. The molecule has 0 unspecified atom stereocenters. The highest BCUT2D eigenvalue weighted by molar-refractivity contribution is 7.04. The lowest BCUT2D eigenvalue weighted by molar-refractivity contribution is 0.162. The van der Waals surface area contributed by atoms with Crippen LogP contribution in [-0.2, 0) is 16.7 Å². The van der Waals surface area contributed by atoms with Crippen molar-refractivity contribution in [3.8, 4) is 6.07 Å². The molecule has 1 aromatic rings. The van der Waals surface area contributed by atoms with Gasteiger partial charge in [0.15, 0.2) is 0 Å². The molecule has 1 heterocycles. The first-order valence-corrected chi connectivity index (χ1v) is 7.46. The van der Waals surface area contributed by atoms with Crippen molar-refractivity contribution < 1.29 is 9.53 Å². The van der Waals surface area contributed by atoms with Gasteiger partial charge in [-0.1, -0.05) is 0 Å². The Morgan fingerprint density at radius 3 is 2.80 bits per heavy atom. The zero-order valence-electron chi connectivity index (χ0n) is 12.5. The molecule has 0 aromatic carbocycles. The van der Waals surface area contributed by atoms with Gasteiger partial charge in [0.1, 0.15) is 4.67 Å². The second kappa shape index (κ2) is 7.25. The minimum absolute atomic E-state index is 0.0585. The first kappa shape index (κ1) is 16.4. The van der Waals surface area contributed by atoms with Gasteiger partial charge in [-0.25, -0.2) is 4.79 Å². The molecule has 0 N–H and O–H groups in total. The Labute approximate surface area is 123 Å². The van der Waals surface area contributed by atoms with Crippen LogP contribution in [0.2, 0.25) is 0 Å². The lowest BCUT2D eigenvalue weighted by Crippen LogP contribution is -2.18. The fraction of sp³-hybridized carbons (Fsp3) is 0.643. The molecule has 1 amide bonds. The van der Waals surface area contributed by atoms with E-state index in [1.807, 2.05) is 6.20 Å². The largest absolute Gasteiger partial charge is 0.448 e. The van der Waals surface area contributed by atoms with Gasteiger partial charge in [0.05, 0.1) is 12.7 Å². The third-order valence-electron chi connectivity index (χ3n) is 2.59. The Morgan fingerprint density at radius 1 is 1.55 bits per heavy atom. The second-order valence-corrected chi connectivity index (χ2v) is 6.33. The third kappa shape index (κ3) is 4.82. The van der Waals surface area contributed by atoms with Gasteiger partial charge < -0.3 is 4.74 Å². The van der Waals surface area contributed by atoms with Gasteiger partial charge in [-0.15, -0.1) is 0 Å². The molecular formula is C14H21N3O2S. The topological polar surface area (TPSA) is 67.4 Å². The fourth-order valence-electron chi connectivity index (χ4n) is 1.57. The number of hydrogen-bond donors (Lipinski definition) is 0. The van der Waals surface area contributed by atoms with E-state index in [1.54, 1.807) is 6.92 Å². The molecule has 0 spiro atoms. The second-order valence-electron chi connectivity index (χ2n) is 5.37. The third-order valence-corrected chi connectivity index (χ3v) is 3.97. The van der Waals surface area contributed by atoms with Crippen LogP contribution >= 0.6 is 11.5 Å². The molecule has 1 rings (SSSR count). The Balaban J connectivity index is 3.09. The molecule has 5 nitrogen and oxygen atoms in total. The van der Waals surface area contributed by atoms with Gasteiger partial charge in [0, 0.05) is 23.7 Å². The standard InChI is InChI=1S/C14H21N3O2S/c1-5-19-13(18)16-12-11(8-6-7-9-15)10-17(20-12)14(2,3)4/h10H,5-8H2,1-4H3/b16-12-. The van der Waals surface area contributed by atoms with Gasteiger partial charge in [-0.3, -0.25) is 3.96 Å². The van der Waals surface area contributed by atoms with E-state index in [1.165, 1.54) is 11.5 Å². The summed E-state index contributed by atoms with van der Waals surface area (Å²) in [6, 6.07) is 2.13. The van der Waals surface area contributed by atoms with E-state index in [0.717, 1.165) is 18.4 Å². The predicted octanol–water partition coefficient (Wildman–Crippen LogP) is 3.21. The van der Waals surface area contributed by atoms with E-state index in [-0.39, 0.29) is 5.54 Å². The Hall–Kier alpha value is -1.61. The summed E-state index contributed by atoms with van der Waals surface area (Å²) in [7, 11) is 0. The maximum Gasteiger partial charge on any atom is 0.434 e. The summed E-state index contributed by atoms with van der Waals surface area (Å²) in [6.45, 7) is 8.35. The van der Waals surface area contributed by atoms with E-state index in [9.17, 15) is 4.79 Å². The minimum Gasteiger partial charge on any atom is -0.448 e. The summed E-state index contributed by atoms with van der Waals surface area (Å²) in [5, 5.41) is 8.61. The number of unbranched alkanes of at least 4 members (excludes halogenated alkanes) is 1. The van der Waals surface area contributed by atoms with Crippen LogP contribution in [0, 0.1) is 11.3 Å². The first-order chi connectivity index (χ1) is 9.38. The van der Waals surface area contributed by atoms with Gasteiger partial charge in [-0.2, -0.15) is 10.3 Å². The number of rotatable bonds is 4. The van der Waals surface area contributed by atoms with Crippen LogP contribution in [0.3, 0.4) is 0 Å². The molecule has 0 saturated carbocycles. The quantitative estimate of drug-likeness (QED) is 0.801. The maximum atomic E-state index is 11.5. The SMILES string of the molecule is CCOC(=O)/N=c1\sn(C(C)(C)C)cc1CCCC#N. The van der Waals surface area contributed by atoms with Crippen molar-refractivity contribution in [3.63, 3.8) is 0 Å². The number of nitriles is 1. The monoisotopic (exact) mass is 295 g/mol. The zero-order chi connectivity index (χ0) is 15.2. The van der Waals surface area contributed by atoms with Crippen molar-refractivity contribution in [1.29, 1.82) is 5.26 Å². The number of aryl methyl sites for hydroxylation is 1. The van der Waals surface area contributed by atoms with Crippen molar-refractivity contribution >= 4 is 17.6 Å². The number of carbonyl (C=O) groups excluding carboxylic acids is 1. The molecular weight excluding hydrogens is 274 g/mol. The van der Waals surface area contributed by atoms with E-state index in [4.69, 9.17) is 10.00 Å². The molecule has 0 aliphatic heterocycles. The van der Waals surface area contributed by atoms with Crippen LogP contribution in [0.5, 0.6) is 0 Å². The van der Waals surface area contributed by atoms with Crippen molar-refractivity contribution in [1.82, 2.24) is 3.96 Å². The molecule has 0 radical (unpaired) electrons. The normalized spacial score (nSPS) is 12.2. The average Bonchev–Trinajstić information content (AvgIpc) is 2.73. The maximum absolute atomic E-state index is 11.5. The van der Waals surface area contributed by atoms with E-state index in [0.29, 0.717) is 17.7 Å². The van der Waals surface area contributed by atoms with E-state index >= 15 is 0 Å². The van der Waals surface area contributed by atoms with Crippen molar-refractivity contribution in [2.75, 3.05) is 6.61 Å². The highest BCUT2D eigenvalue weighted by Gasteiger charge is 2.16. The number of aromatic nitrogens is 1. The molecule has 110 valence electrons. The highest BCUT2D eigenvalue weighted by atomic mass is 32.1. The molecule has 0 saturated heterocycles. The number of nitrogens with zero attached hydrogens (tertiary/aromatic N) is 3. The molecule has 0 bridgehead atoms. The minimum atomic E-state index is -0.558. The Kier molecular flexibility index (Phi) is 5.96. The van der Waals surface area contributed by atoms with Crippen molar-refractivity contribution in [2.45, 2.75) is 52.5 Å². The lowest BCUT2D eigenvalue weighted by Gasteiger charge is -2.19. The van der Waals surface area contributed by atoms with Gasteiger partial charge >= 0.3 is 6.09 Å². The van der Waals surface area contributed by atoms with Gasteiger partial charge in [0.25, 0.3) is 0 Å². The van der Waals surface area contributed by atoms with Crippen LogP contribution in [0.25, 0.3) is 0 Å². The predicted molar refractivity (Wildman–Crippen MR) is 78.4 cm³/mol. The smallest absolute Gasteiger partial charge is 0.434 e. The summed E-state index contributed by atoms with van der Waals surface area (Å²) < 4.78 is 7.61. The lowest BCUT2D eigenvalue weighted by atomic mass is 10.1. The summed E-state index contributed by atoms with van der Waals surface area (Å²) in [5.41, 5.74) is 0.935. The number of hydrogen-bond acceptors (Lipinski definition) is 4. The Morgan fingerprint density at radius 2 is 2.25 bits per heavy atom. The van der Waals surface area contributed by atoms with E-state index < -0.39 is 6.09 Å². The number of ether oxygens (including phenoxy) is 1. The van der Waals surface area contributed by atoms with Crippen LogP contribution in [0.15, 0.2) is 11.2 Å². The number of carbonyl (C=O) groups is 1. The molecule has 0 aliphatic rings. The fourth-order valence-corrected chi connectivity index (χ4v) is 2.59. The van der Waals surface area contributed by atoms with Gasteiger partial charge in [-0.05, 0) is 52.1 Å². The highest BCUT2D eigenvalue weighted by Crippen LogP contribution is 2.17. The van der Waals surface area contributed by atoms with Crippen LogP contribution < -0.4 is 4.67 Å². The first-order valence-electron chi connectivity index (χ1n) is 6.69. The van der Waals surface area contributed by atoms with Crippen LogP contribution in [0.4, 0.5) is 4.79 Å². The van der Waals surface area contributed by atoms with Crippen molar-refractivity contribution in [2.24, 2.45) is 4.99 Å².